The van der Waals surface area contributed by atoms with E-state index in [0.717, 1.165) is 4.47 Å². The summed E-state index contributed by atoms with van der Waals surface area (Å²) in [5.41, 5.74) is 0.655. The molecule has 0 aliphatic heterocycles. The van der Waals surface area contributed by atoms with Crippen LogP contribution >= 0.6 is 27.5 Å². The quantitative estimate of drug-likeness (QED) is 0.748. The molecule has 0 heterocycles. The molecule has 0 aromatic heterocycles. The van der Waals surface area contributed by atoms with Crippen LogP contribution in [0.5, 0.6) is 0 Å². The van der Waals surface area contributed by atoms with Crippen LogP contribution in [0.15, 0.2) is 46.9 Å². The Balaban J connectivity index is 2.17. The van der Waals surface area contributed by atoms with Gasteiger partial charge in [-0.15, -0.1) is 0 Å². The van der Waals surface area contributed by atoms with Gasteiger partial charge in [0.1, 0.15) is 0 Å². The molecule has 21 heavy (non-hydrogen) atoms. The Morgan fingerprint density at radius 2 is 1.71 bits per heavy atom. The number of aromatic carboxylic acids is 1. The highest BCUT2D eigenvalue weighted by Gasteiger charge is 2.13. The molecule has 2 aromatic rings. The summed E-state index contributed by atoms with van der Waals surface area (Å²) in [4.78, 5) is 23.1. The van der Waals surface area contributed by atoms with Crippen LogP contribution in [0.1, 0.15) is 10.4 Å². The van der Waals surface area contributed by atoms with Gasteiger partial charge in [-0.25, -0.2) is 9.59 Å². The van der Waals surface area contributed by atoms with Gasteiger partial charge in [-0.1, -0.05) is 23.7 Å². The molecular weight excluding hydrogens is 360 g/mol. The number of para-hydroxylation sites is 1. The molecule has 5 nitrogen and oxygen atoms in total. The molecule has 7 heteroatoms. The average molecular weight is 370 g/mol. The van der Waals surface area contributed by atoms with Gasteiger partial charge in [-0.2, -0.15) is 0 Å². The van der Waals surface area contributed by atoms with E-state index in [1.54, 1.807) is 18.2 Å². The van der Waals surface area contributed by atoms with Crippen LogP contribution in [0.2, 0.25) is 5.02 Å². The maximum absolute atomic E-state index is 11.9. The van der Waals surface area contributed by atoms with Crippen molar-refractivity contribution in [1.82, 2.24) is 0 Å². The number of amides is 2. The molecule has 2 amide bonds. The largest absolute Gasteiger partial charge is 0.478 e. The SMILES string of the molecule is O=C(Nc1ccccc1Br)Nc1ccc(Cl)cc1C(=O)O. The molecule has 2 rings (SSSR count). The van der Waals surface area contributed by atoms with Gasteiger partial charge in [0.05, 0.1) is 16.9 Å². The number of nitrogens with one attached hydrogen (secondary N) is 2. The number of anilines is 2. The summed E-state index contributed by atoms with van der Waals surface area (Å²) in [5.74, 6) is -1.17. The number of benzene rings is 2. The van der Waals surface area contributed by atoms with E-state index in [1.165, 1.54) is 18.2 Å². The lowest BCUT2D eigenvalue weighted by molar-refractivity contribution is 0.0698. The molecule has 3 N–H and O–H groups in total. The van der Waals surface area contributed by atoms with Crippen LogP contribution in [-0.2, 0) is 0 Å². The summed E-state index contributed by atoms with van der Waals surface area (Å²) in [6.45, 7) is 0. The Hall–Kier alpha value is -2.05. The predicted octanol–water partition coefficient (Wildman–Crippen LogP) is 4.44. The Labute approximate surface area is 134 Å². The number of rotatable bonds is 3. The van der Waals surface area contributed by atoms with Crippen LogP contribution in [0.4, 0.5) is 16.2 Å². The van der Waals surface area contributed by atoms with E-state index in [-0.39, 0.29) is 16.3 Å². The van der Waals surface area contributed by atoms with E-state index >= 15 is 0 Å². The second kappa shape index (κ2) is 6.60. The highest BCUT2D eigenvalue weighted by Crippen LogP contribution is 2.23. The van der Waals surface area contributed by atoms with Crippen molar-refractivity contribution < 1.29 is 14.7 Å². The van der Waals surface area contributed by atoms with Crippen LogP contribution in [-0.4, -0.2) is 17.1 Å². The first kappa shape index (κ1) is 15.3. The van der Waals surface area contributed by atoms with E-state index in [9.17, 15) is 9.59 Å². The topological polar surface area (TPSA) is 78.4 Å². The molecule has 0 aliphatic carbocycles. The molecule has 0 aliphatic rings. The fraction of sp³-hybridized carbons (Fsp3) is 0. The number of carbonyl (C=O) groups excluding carboxylic acids is 1. The molecule has 0 saturated carbocycles. The first-order chi connectivity index (χ1) is 9.97. The third-order valence-corrected chi connectivity index (χ3v) is 3.51. The first-order valence-corrected chi connectivity index (χ1v) is 7.00. The predicted molar refractivity (Wildman–Crippen MR) is 85.2 cm³/mol. The Morgan fingerprint density at radius 1 is 1.05 bits per heavy atom. The van der Waals surface area contributed by atoms with Gasteiger partial charge in [-0.05, 0) is 46.3 Å². The minimum absolute atomic E-state index is 0.0789. The van der Waals surface area contributed by atoms with Gasteiger partial charge in [-0.3, -0.25) is 0 Å². The zero-order valence-electron chi connectivity index (χ0n) is 10.6. The first-order valence-electron chi connectivity index (χ1n) is 5.83. The van der Waals surface area contributed by atoms with Crippen molar-refractivity contribution in [3.8, 4) is 0 Å². The summed E-state index contributed by atoms with van der Waals surface area (Å²) >= 11 is 9.05. The number of hydrogen-bond donors (Lipinski definition) is 3. The highest BCUT2D eigenvalue weighted by molar-refractivity contribution is 9.10. The van der Waals surface area contributed by atoms with Gasteiger partial charge >= 0.3 is 12.0 Å². The van der Waals surface area contributed by atoms with Crippen molar-refractivity contribution in [2.24, 2.45) is 0 Å². The maximum Gasteiger partial charge on any atom is 0.337 e. The zero-order chi connectivity index (χ0) is 15.4. The molecule has 0 fully saturated rings. The fourth-order valence-corrected chi connectivity index (χ4v) is 2.20. The normalized spacial score (nSPS) is 10.0. The van der Waals surface area contributed by atoms with Gasteiger partial charge in [0, 0.05) is 9.50 Å². The summed E-state index contributed by atoms with van der Waals surface area (Å²) in [5, 5.41) is 14.5. The number of hydrogen-bond acceptors (Lipinski definition) is 2. The monoisotopic (exact) mass is 368 g/mol. The van der Waals surface area contributed by atoms with Crippen molar-refractivity contribution in [2.75, 3.05) is 10.6 Å². The maximum atomic E-state index is 11.9. The Bertz CT molecular complexity index is 706. The van der Waals surface area contributed by atoms with Crippen LogP contribution in [0, 0.1) is 0 Å². The van der Waals surface area contributed by atoms with Crippen LogP contribution < -0.4 is 10.6 Å². The van der Waals surface area contributed by atoms with Crippen molar-refractivity contribution in [2.45, 2.75) is 0 Å². The van der Waals surface area contributed by atoms with Gasteiger partial charge in [0.15, 0.2) is 0 Å². The molecule has 0 radical (unpaired) electrons. The summed E-state index contributed by atoms with van der Waals surface area (Å²) < 4.78 is 0.717. The lowest BCUT2D eigenvalue weighted by atomic mass is 10.2. The number of carboxylic acids is 1. The fourth-order valence-electron chi connectivity index (χ4n) is 1.64. The van der Waals surface area contributed by atoms with E-state index in [2.05, 4.69) is 26.6 Å². The summed E-state index contributed by atoms with van der Waals surface area (Å²) in [6.07, 6.45) is 0. The number of carboxylic acid groups (broad SMARTS) is 1. The lowest BCUT2D eigenvalue weighted by Crippen LogP contribution is -2.21. The van der Waals surface area contributed by atoms with E-state index in [0.29, 0.717) is 5.69 Å². The van der Waals surface area contributed by atoms with Crippen molar-refractivity contribution >= 4 is 50.9 Å². The molecule has 0 spiro atoms. The third-order valence-electron chi connectivity index (χ3n) is 2.58. The second-order valence-corrected chi connectivity index (χ2v) is 5.34. The number of urea groups is 1. The highest BCUT2D eigenvalue weighted by atomic mass is 79.9. The van der Waals surface area contributed by atoms with Crippen LogP contribution in [0.25, 0.3) is 0 Å². The lowest BCUT2D eigenvalue weighted by Gasteiger charge is -2.11. The standard InChI is InChI=1S/C14H10BrClN2O3/c15-10-3-1-2-4-12(10)18-14(21)17-11-6-5-8(16)7-9(11)13(19)20/h1-7H,(H,19,20)(H2,17,18,21). The minimum atomic E-state index is -1.17. The molecular formula is C14H10BrClN2O3. The van der Waals surface area contributed by atoms with Crippen molar-refractivity contribution in [3.63, 3.8) is 0 Å². The molecule has 0 bridgehead atoms. The molecule has 2 aromatic carbocycles. The number of halogens is 2. The third kappa shape index (κ3) is 3.96. The summed E-state index contributed by atoms with van der Waals surface area (Å²) in [7, 11) is 0. The Kier molecular flexibility index (Phi) is 4.82. The summed E-state index contributed by atoms with van der Waals surface area (Å²) in [6, 6.07) is 10.7. The second-order valence-electron chi connectivity index (χ2n) is 4.05. The minimum Gasteiger partial charge on any atom is -0.478 e. The van der Waals surface area contributed by atoms with Gasteiger partial charge in [0.25, 0.3) is 0 Å². The van der Waals surface area contributed by atoms with E-state index in [4.69, 9.17) is 16.7 Å². The van der Waals surface area contributed by atoms with Gasteiger partial charge < -0.3 is 15.7 Å². The molecule has 0 atom stereocenters. The molecule has 108 valence electrons. The number of carbonyl (C=O) groups is 2. The van der Waals surface area contributed by atoms with Gasteiger partial charge in [0.2, 0.25) is 0 Å². The molecule has 0 saturated heterocycles. The smallest absolute Gasteiger partial charge is 0.337 e. The van der Waals surface area contributed by atoms with E-state index in [1.807, 2.05) is 6.07 Å². The van der Waals surface area contributed by atoms with Crippen molar-refractivity contribution in [1.29, 1.82) is 0 Å². The zero-order valence-corrected chi connectivity index (χ0v) is 12.9. The Morgan fingerprint density at radius 3 is 2.38 bits per heavy atom. The molecule has 0 unspecified atom stereocenters. The van der Waals surface area contributed by atoms with E-state index < -0.39 is 12.0 Å². The van der Waals surface area contributed by atoms with Crippen LogP contribution in [0.3, 0.4) is 0 Å². The average Bonchev–Trinajstić information content (AvgIpc) is 2.43. The van der Waals surface area contributed by atoms with Crippen molar-refractivity contribution in [3.05, 3.63) is 57.5 Å².